The number of ether oxygens (including phenoxy) is 2. The second kappa shape index (κ2) is 9.72. The molecule has 1 heterocycles. The van der Waals surface area contributed by atoms with Gasteiger partial charge in [0.1, 0.15) is 12.2 Å². The third kappa shape index (κ3) is 6.14. The van der Waals surface area contributed by atoms with E-state index in [0.717, 1.165) is 30.2 Å². The highest BCUT2D eigenvalue weighted by molar-refractivity contribution is 9.10. The zero-order valence-electron chi connectivity index (χ0n) is 14.9. The SMILES string of the molecule is CCOC(=O)CC(=O)NNC1CCC(Oc2cc(=O)n(C)cc2Br)CC1. The summed E-state index contributed by atoms with van der Waals surface area (Å²) in [6, 6.07) is 1.59. The minimum absolute atomic E-state index is 0.0201. The van der Waals surface area contributed by atoms with Crippen molar-refractivity contribution >= 4 is 27.8 Å². The quantitative estimate of drug-likeness (QED) is 0.386. The summed E-state index contributed by atoms with van der Waals surface area (Å²) in [5.41, 5.74) is 5.38. The number of aromatic nitrogens is 1. The molecule has 0 atom stereocenters. The first kappa shape index (κ1) is 20.4. The molecule has 2 rings (SSSR count). The molecule has 0 aromatic carbocycles. The van der Waals surface area contributed by atoms with Gasteiger partial charge in [0, 0.05) is 25.4 Å². The fourth-order valence-corrected chi connectivity index (χ4v) is 3.26. The minimum atomic E-state index is -0.538. The van der Waals surface area contributed by atoms with Crippen molar-refractivity contribution in [1.82, 2.24) is 15.4 Å². The fraction of sp³-hybridized carbons (Fsp3) is 0.588. The molecular formula is C17H24BrN3O5. The number of aryl methyl sites for hydroxylation is 1. The highest BCUT2D eigenvalue weighted by Crippen LogP contribution is 2.28. The number of hydrogen-bond acceptors (Lipinski definition) is 6. The molecular weight excluding hydrogens is 406 g/mol. The molecule has 0 spiro atoms. The molecule has 1 amide bonds. The lowest BCUT2D eigenvalue weighted by molar-refractivity contribution is -0.146. The average Bonchev–Trinajstić information content (AvgIpc) is 2.59. The molecule has 1 saturated carbocycles. The number of carbonyl (C=O) groups is 2. The molecule has 1 aliphatic rings. The van der Waals surface area contributed by atoms with Crippen LogP contribution in [0.3, 0.4) is 0 Å². The van der Waals surface area contributed by atoms with E-state index < -0.39 is 11.9 Å². The standard InChI is InChI=1S/C17H24BrN3O5/c1-3-25-17(24)9-15(22)20-19-11-4-6-12(7-5-11)26-14-8-16(23)21(2)10-13(14)18/h8,10-12,19H,3-7,9H2,1-2H3,(H,20,22). The van der Waals surface area contributed by atoms with Crippen molar-refractivity contribution in [3.63, 3.8) is 0 Å². The second-order valence-corrected chi connectivity index (χ2v) is 7.05. The lowest BCUT2D eigenvalue weighted by Gasteiger charge is -2.29. The molecule has 1 aromatic heterocycles. The fourth-order valence-electron chi connectivity index (χ4n) is 2.74. The Balaban J connectivity index is 1.74. The van der Waals surface area contributed by atoms with Crippen molar-refractivity contribution in [2.75, 3.05) is 6.61 Å². The van der Waals surface area contributed by atoms with Gasteiger partial charge in [-0.3, -0.25) is 19.8 Å². The van der Waals surface area contributed by atoms with Crippen molar-refractivity contribution in [1.29, 1.82) is 0 Å². The number of rotatable bonds is 7. The summed E-state index contributed by atoms with van der Waals surface area (Å²) in [6.07, 6.45) is 4.63. The number of hydrogen-bond donors (Lipinski definition) is 2. The molecule has 0 radical (unpaired) electrons. The average molecular weight is 430 g/mol. The summed E-state index contributed by atoms with van der Waals surface area (Å²) in [4.78, 5) is 34.6. The van der Waals surface area contributed by atoms with Crippen molar-refractivity contribution in [3.8, 4) is 5.75 Å². The van der Waals surface area contributed by atoms with Gasteiger partial charge >= 0.3 is 5.97 Å². The molecule has 1 aromatic rings. The Kier molecular flexibility index (Phi) is 7.65. The van der Waals surface area contributed by atoms with Crippen molar-refractivity contribution < 1.29 is 19.1 Å². The van der Waals surface area contributed by atoms with Crippen LogP contribution in [0.1, 0.15) is 39.0 Å². The van der Waals surface area contributed by atoms with Crippen LogP contribution in [0.15, 0.2) is 21.5 Å². The molecule has 8 nitrogen and oxygen atoms in total. The highest BCUT2D eigenvalue weighted by atomic mass is 79.9. The van der Waals surface area contributed by atoms with Crippen molar-refractivity contribution in [2.45, 2.75) is 51.2 Å². The first-order chi connectivity index (χ1) is 12.4. The number of amides is 1. The van der Waals surface area contributed by atoms with E-state index in [-0.39, 0.29) is 30.7 Å². The zero-order valence-corrected chi connectivity index (χ0v) is 16.5. The van der Waals surface area contributed by atoms with E-state index >= 15 is 0 Å². The lowest BCUT2D eigenvalue weighted by atomic mass is 9.93. The van der Waals surface area contributed by atoms with Gasteiger partial charge in [-0.15, -0.1) is 0 Å². The largest absolute Gasteiger partial charge is 0.489 e. The molecule has 26 heavy (non-hydrogen) atoms. The van der Waals surface area contributed by atoms with E-state index in [1.165, 1.54) is 10.6 Å². The minimum Gasteiger partial charge on any atom is -0.489 e. The van der Waals surface area contributed by atoms with Crippen molar-refractivity contribution in [2.24, 2.45) is 7.05 Å². The topological polar surface area (TPSA) is 98.7 Å². The maximum Gasteiger partial charge on any atom is 0.315 e. The van der Waals surface area contributed by atoms with E-state index in [1.54, 1.807) is 20.2 Å². The van der Waals surface area contributed by atoms with Gasteiger partial charge in [0.15, 0.2) is 0 Å². The number of carbonyl (C=O) groups excluding carboxylic acids is 2. The number of pyridine rings is 1. The third-order valence-corrected chi connectivity index (χ3v) is 4.73. The molecule has 0 unspecified atom stereocenters. The first-order valence-electron chi connectivity index (χ1n) is 8.61. The Hall–Kier alpha value is -1.87. The van der Waals surface area contributed by atoms with Gasteiger partial charge in [-0.25, -0.2) is 5.43 Å². The number of halogens is 1. The molecule has 1 fully saturated rings. The Morgan fingerprint density at radius 2 is 2.00 bits per heavy atom. The van der Waals surface area contributed by atoms with Gasteiger partial charge < -0.3 is 14.0 Å². The molecule has 144 valence electrons. The van der Waals surface area contributed by atoms with Crippen LogP contribution in [-0.4, -0.2) is 35.2 Å². The maximum atomic E-state index is 11.7. The molecule has 9 heteroatoms. The first-order valence-corrected chi connectivity index (χ1v) is 9.41. The van der Waals surface area contributed by atoms with E-state index in [0.29, 0.717) is 5.75 Å². The highest BCUT2D eigenvalue weighted by Gasteiger charge is 2.23. The molecule has 0 aliphatic heterocycles. The van der Waals surface area contributed by atoms with E-state index in [1.807, 2.05) is 0 Å². The Bertz CT molecular complexity index is 698. The Labute approximate surface area is 160 Å². The molecule has 2 N–H and O–H groups in total. The van der Waals surface area contributed by atoms with Crippen molar-refractivity contribution in [3.05, 3.63) is 27.1 Å². The molecule has 0 saturated heterocycles. The van der Waals surface area contributed by atoms with Gasteiger partial charge in [0.25, 0.3) is 5.56 Å². The van der Waals surface area contributed by atoms with Gasteiger partial charge in [-0.2, -0.15) is 0 Å². The summed E-state index contributed by atoms with van der Waals surface area (Å²) >= 11 is 3.41. The van der Waals surface area contributed by atoms with Crippen LogP contribution in [0.4, 0.5) is 0 Å². The number of hydrazine groups is 1. The number of nitrogens with zero attached hydrogens (tertiary/aromatic N) is 1. The summed E-state index contributed by atoms with van der Waals surface area (Å²) in [6.45, 7) is 1.95. The van der Waals surface area contributed by atoms with Crippen LogP contribution in [-0.2, 0) is 21.4 Å². The summed E-state index contributed by atoms with van der Waals surface area (Å²) in [7, 11) is 1.68. The van der Waals surface area contributed by atoms with E-state index in [4.69, 9.17) is 9.47 Å². The summed E-state index contributed by atoms with van der Waals surface area (Å²) in [5, 5.41) is 0. The van der Waals surface area contributed by atoms with Crippen LogP contribution in [0.5, 0.6) is 5.75 Å². The monoisotopic (exact) mass is 429 g/mol. The van der Waals surface area contributed by atoms with E-state index in [2.05, 4.69) is 26.8 Å². The van der Waals surface area contributed by atoms with Crippen LogP contribution >= 0.6 is 15.9 Å². The lowest BCUT2D eigenvalue weighted by Crippen LogP contribution is -2.47. The van der Waals surface area contributed by atoms with Crippen LogP contribution in [0.25, 0.3) is 0 Å². The smallest absolute Gasteiger partial charge is 0.315 e. The van der Waals surface area contributed by atoms with Crippen LogP contribution < -0.4 is 21.1 Å². The predicted octanol–water partition coefficient (Wildman–Crippen LogP) is 1.41. The maximum absolute atomic E-state index is 11.7. The second-order valence-electron chi connectivity index (χ2n) is 6.20. The number of esters is 1. The van der Waals surface area contributed by atoms with Gasteiger partial charge in [-0.1, -0.05) is 0 Å². The predicted molar refractivity (Wildman–Crippen MR) is 98.6 cm³/mol. The van der Waals surface area contributed by atoms with Gasteiger partial charge in [0.2, 0.25) is 5.91 Å². The molecule has 0 bridgehead atoms. The van der Waals surface area contributed by atoms with Gasteiger partial charge in [0.05, 0.1) is 17.2 Å². The van der Waals surface area contributed by atoms with Gasteiger partial charge in [-0.05, 0) is 48.5 Å². The van der Waals surface area contributed by atoms with Crippen LogP contribution in [0.2, 0.25) is 0 Å². The van der Waals surface area contributed by atoms with E-state index in [9.17, 15) is 14.4 Å². The third-order valence-electron chi connectivity index (χ3n) is 4.14. The summed E-state index contributed by atoms with van der Waals surface area (Å²) < 4.78 is 12.9. The van der Waals surface area contributed by atoms with Crippen LogP contribution in [0, 0.1) is 0 Å². The normalized spacial score (nSPS) is 19.7. The Morgan fingerprint density at radius 3 is 2.65 bits per heavy atom. The zero-order chi connectivity index (χ0) is 19.1. The Morgan fingerprint density at radius 1 is 1.31 bits per heavy atom. The summed E-state index contributed by atoms with van der Waals surface area (Å²) in [5.74, 6) is -0.401. The number of nitrogens with one attached hydrogen (secondary N) is 2. The molecule has 1 aliphatic carbocycles.